The number of nitrogens with zero attached hydrogens (tertiary/aromatic N) is 3. The van der Waals surface area contributed by atoms with E-state index in [1.165, 1.54) is 6.07 Å². The van der Waals surface area contributed by atoms with E-state index < -0.39 is 0 Å². The summed E-state index contributed by atoms with van der Waals surface area (Å²) in [5, 5.41) is 0.428. The van der Waals surface area contributed by atoms with Gasteiger partial charge in [-0.2, -0.15) is 0 Å². The molecule has 4 nitrogen and oxygen atoms in total. The molecule has 0 amide bonds. The molecule has 0 fully saturated rings. The summed E-state index contributed by atoms with van der Waals surface area (Å²) in [6, 6.07) is 33.5. The van der Waals surface area contributed by atoms with Crippen molar-refractivity contribution in [3.05, 3.63) is 131 Å². The lowest BCUT2D eigenvalue weighted by Gasteiger charge is -2.25. The number of unbranched alkanes of at least 4 members (excludes halogenated alkanes) is 1. The zero-order chi connectivity index (χ0) is 28.6. The van der Waals surface area contributed by atoms with Gasteiger partial charge >= 0.3 is 0 Å². The number of hydrogen-bond donors (Lipinski definition) is 0. The first-order valence-electron chi connectivity index (χ1n) is 14.1. The van der Waals surface area contributed by atoms with Crippen LogP contribution in [0.4, 0.5) is 4.39 Å². The third kappa shape index (κ3) is 6.87. The standard InChI is InChI=1S/C35H35ClFN3O/c1-3-4-22-40-33(34(27-12-7-5-8-13-27)38-35(40)28-14-9-6-10-15-28)25-39(23-26-18-20-29(41-2)21-19-26)24-30-31(36)16-11-17-32(30)37/h5-21H,3-4,22-25H2,1-2H3. The summed E-state index contributed by atoms with van der Waals surface area (Å²) in [6.45, 7) is 4.55. The smallest absolute Gasteiger partial charge is 0.140 e. The van der Waals surface area contributed by atoms with Crippen molar-refractivity contribution in [2.75, 3.05) is 7.11 Å². The topological polar surface area (TPSA) is 30.3 Å². The molecule has 4 aromatic carbocycles. The van der Waals surface area contributed by atoms with Gasteiger partial charge in [0.25, 0.3) is 0 Å². The summed E-state index contributed by atoms with van der Waals surface area (Å²) in [4.78, 5) is 7.49. The third-order valence-corrected chi connectivity index (χ3v) is 7.62. The summed E-state index contributed by atoms with van der Waals surface area (Å²) in [6.07, 6.45) is 2.09. The molecule has 0 saturated carbocycles. The average Bonchev–Trinajstić information content (AvgIpc) is 3.36. The third-order valence-electron chi connectivity index (χ3n) is 7.27. The highest BCUT2D eigenvalue weighted by Crippen LogP contribution is 2.32. The molecule has 0 atom stereocenters. The molecule has 6 heteroatoms. The number of ether oxygens (including phenoxy) is 1. The molecule has 0 saturated heterocycles. The van der Waals surface area contributed by atoms with Crippen molar-refractivity contribution < 1.29 is 9.13 Å². The van der Waals surface area contributed by atoms with E-state index in [-0.39, 0.29) is 5.82 Å². The molecule has 210 valence electrons. The van der Waals surface area contributed by atoms with Gasteiger partial charge in [0.2, 0.25) is 0 Å². The molecule has 0 radical (unpaired) electrons. The molecule has 0 N–H and O–H groups in total. The first-order valence-corrected chi connectivity index (χ1v) is 14.4. The molecular weight excluding hydrogens is 533 g/mol. The van der Waals surface area contributed by atoms with Crippen LogP contribution in [-0.4, -0.2) is 21.6 Å². The number of hydrogen-bond acceptors (Lipinski definition) is 3. The first kappa shape index (κ1) is 28.6. The summed E-state index contributed by atoms with van der Waals surface area (Å²) in [5.41, 5.74) is 5.77. The van der Waals surface area contributed by atoms with Gasteiger partial charge in [0, 0.05) is 47.9 Å². The highest BCUT2D eigenvalue weighted by atomic mass is 35.5. The summed E-state index contributed by atoms with van der Waals surface area (Å²) in [7, 11) is 1.66. The van der Waals surface area contributed by atoms with Crippen LogP contribution in [0.3, 0.4) is 0 Å². The van der Waals surface area contributed by atoms with Gasteiger partial charge in [-0.3, -0.25) is 4.90 Å². The Labute approximate surface area is 247 Å². The quantitative estimate of drug-likeness (QED) is 0.151. The van der Waals surface area contributed by atoms with Crippen LogP contribution in [0, 0.1) is 5.82 Å². The SMILES string of the molecule is CCCCn1c(-c2ccccc2)nc(-c2ccccc2)c1CN(Cc1ccc(OC)cc1)Cc1c(F)cccc1Cl. The number of halogens is 2. The minimum Gasteiger partial charge on any atom is -0.497 e. The summed E-state index contributed by atoms with van der Waals surface area (Å²) < 4.78 is 22.8. The maximum Gasteiger partial charge on any atom is 0.140 e. The Balaban J connectivity index is 1.62. The second-order valence-electron chi connectivity index (χ2n) is 10.2. The number of methoxy groups -OCH3 is 1. The van der Waals surface area contributed by atoms with Gasteiger partial charge in [0.05, 0.1) is 18.5 Å². The van der Waals surface area contributed by atoms with Gasteiger partial charge in [-0.1, -0.05) is 104 Å². The van der Waals surface area contributed by atoms with Crippen LogP contribution in [0.15, 0.2) is 103 Å². The van der Waals surface area contributed by atoms with Crippen LogP contribution in [0.25, 0.3) is 22.6 Å². The first-order chi connectivity index (χ1) is 20.1. The van der Waals surface area contributed by atoms with Crippen molar-refractivity contribution in [1.82, 2.24) is 14.5 Å². The summed E-state index contributed by atoms with van der Waals surface area (Å²) in [5.74, 6) is 1.44. The zero-order valence-electron chi connectivity index (χ0n) is 23.6. The van der Waals surface area contributed by atoms with Crippen molar-refractivity contribution in [3.8, 4) is 28.4 Å². The van der Waals surface area contributed by atoms with Crippen LogP contribution >= 0.6 is 11.6 Å². The second-order valence-corrected chi connectivity index (χ2v) is 10.6. The normalized spacial score (nSPS) is 11.2. The van der Waals surface area contributed by atoms with Gasteiger partial charge in [0.15, 0.2) is 0 Å². The Morgan fingerprint density at radius 3 is 2.12 bits per heavy atom. The molecule has 41 heavy (non-hydrogen) atoms. The zero-order valence-corrected chi connectivity index (χ0v) is 24.3. The van der Waals surface area contributed by atoms with Crippen LogP contribution in [0.5, 0.6) is 5.75 Å². The lowest BCUT2D eigenvalue weighted by atomic mass is 10.1. The van der Waals surface area contributed by atoms with Crippen LogP contribution in [-0.2, 0) is 26.2 Å². The van der Waals surface area contributed by atoms with E-state index in [1.807, 2.05) is 48.5 Å². The van der Waals surface area contributed by atoms with Crippen LogP contribution < -0.4 is 4.74 Å². The van der Waals surface area contributed by atoms with Gasteiger partial charge in [-0.25, -0.2) is 9.37 Å². The Bertz CT molecular complexity index is 1530. The number of aromatic nitrogens is 2. The fraction of sp³-hybridized carbons (Fsp3) is 0.229. The molecule has 0 spiro atoms. The molecule has 1 heterocycles. The number of benzene rings is 4. The second kappa shape index (κ2) is 13.6. The van der Waals surface area contributed by atoms with E-state index in [4.69, 9.17) is 21.3 Å². The van der Waals surface area contributed by atoms with E-state index in [0.29, 0.717) is 30.2 Å². The molecule has 0 aliphatic rings. The predicted molar refractivity (Wildman–Crippen MR) is 165 cm³/mol. The fourth-order valence-electron chi connectivity index (χ4n) is 5.11. The largest absolute Gasteiger partial charge is 0.497 e. The molecular formula is C35H35ClFN3O. The highest BCUT2D eigenvalue weighted by molar-refractivity contribution is 6.31. The van der Waals surface area contributed by atoms with E-state index >= 15 is 4.39 Å². The Hall–Kier alpha value is -3.93. The summed E-state index contributed by atoms with van der Waals surface area (Å²) >= 11 is 6.53. The molecule has 5 aromatic rings. The Kier molecular flexibility index (Phi) is 9.50. The van der Waals surface area contributed by atoms with Crippen LogP contribution in [0.1, 0.15) is 36.6 Å². The molecule has 0 aliphatic carbocycles. The van der Waals surface area contributed by atoms with Crippen LogP contribution in [0.2, 0.25) is 5.02 Å². The minimum atomic E-state index is -0.301. The van der Waals surface area contributed by atoms with E-state index in [9.17, 15) is 0 Å². The Morgan fingerprint density at radius 2 is 1.49 bits per heavy atom. The van der Waals surface area contributed by atoms with Gasteiger partial charge in [0.1, 0.15) is 17.4 Å². The van der Waals surface area contributed by atoms with Gasteiger partial charge in [-0.15, -0.1) is 0 Å². The fourth-order valence-corrected chi connectivity index (χ4v) is 5.34. The average molecular weight is 568 g/mol. The molecule has 5 rings (SSSR count). The van der Waals surface area contributed by atoms with Crippen molar-refractivity contribution in [3.63, 3.8) is 0 Å². The van der Waals surface area contributed by atoms with E-state index in [1.54, 1.807) is 19.2 Å². The van der Waals surface area contributed by atoms with Crippen molar-refractivity contribution >= 4 is 11.6 Å². The minimum absolute atomic E-state index is 0.301. The Morgan fingerprint density at radius 1 is 0.805 bits per heavy atom. The molecule has 1 aromatic heterocycles. The van der Waals surface area contributed by atoms with Crippen molar-refractivity contribution in [2.45, 2.75) is 45.9 Å². The monoisotopic (exact) mass is 567 g/mol. The predicted octanol–water partition coefficient (Wildman–Crippen LogP) is 9.02. The lowest BCUT2D eigenvalue weighted by molar-refractivity contribution is 0.238. The molecule has 0 bridgehead atoms. The number of rotatable bonds is 12. The van der Waals surface area contributed by atoms with Gasteiger partial charge < -0.3 is 9.30 Å². The maximum atomic E-state index is 15.1. The van der Waals surface area contributed by atoms with E-state index in [0.717, 1.165) is 59.0 Å². The maximum absolute atomic E-state index is 15.1. The van der Waals surface area contributed by atoms with Gasteiger partial charge in [-0.05, 0) is 36.2 Å². The van der Waals surface area contributed by atoms with E-state index in [2.05, 4.69) is 52.8 Å². The molecule has 0 aliphatic heterocycles. The highest BCUT2D eigenvalue weighted by Gasteiger charge is 2.23. The van der Waals surface area contributed by atoms with Crippen molar-refractivity contribution in [1.29, 1.82) is 0 Å². The molecule has 0 unspecified atom stereocenters. The lowest BCUT2D eigenvalue weighted by Crippen LogP contribution is -2.25. The van der Waals surface area contributed by atoms with Crippen molar-refractivity contribution in [2.24, 2.45) is 0 Å². The number of imidazole rings is 1.